The van der Waals surface area contributed by atoms with E-state index in [9.17, 15) is 25.2 Å². The van der Waals surface area contributed by atoms with Gasteiger partial charge in [-0.25, -0.2) is 0 Å². The van der Waals surface area contributed by atoms with Crippen molar-refractivity contribution in [2.75, 3.05) is 26.4 Å². The smallest absolute Gasteiger partial charge is 0.306 e. The summed E-state index contributed by atoms with van der Waals surface area (Å²) >= 11 is 0. The van der Waals surface area contributed by atoms with E-state index in [4.69, 9.17) is 18.9 Å². The SMILES string of the molecule is CC/C=C\C/C=C\C/C=C\C/C=C\CCCCCCCCCCCCCCCOCC(COC1OC(CO)C(O)C(O)C1O)OC(=O)CCCCCCC/C=C\CCCCCCCCC. The van der Waals surface area contributed by atoms with E-state index in [1.807, 2.05) is 0 Å². The first-order valence-corrected chi connectivity index (χ1v) is 26.9. The molecule has 0 saturated carbocycles. The summed E-state index contributed by atoms with van der Waals surface area (Å²) in [4.78, 5) is 12.8. The molecule has 0 aromatic carbocycles. The minimum absolute atomic E-state index is 0.117. The van der Waals surface area contributed by atoms with Crippen molar-refractivity contribution in [2.45, 2.75) is 263 Å². The molecular weight excluding hydrogens is 817 g/mol. The molecule has 0 aromatic rings. The highest BCUT2D eigenvalue weighted by Gasteiger charge is 2.44. The standard InChI is InChI=1S/C56H100O9/c1-3-5-7-9-11-13-15-17-19-21-22-23-24-25-26-27-28-29-30-32-34-36-38-40-42-44-46-62-48-50(49-63-56-55(61)54(60)53(59)51(47-57)65-56)64-52(58)45-43-41-39-37-35-33-31-20-18-16-14-12-10-8-6-4-2/h5,7,11,13,17,19-20,22-23,31,50-51,53-57,59-61H,3-4,6,8-10,12,14-16,18,21,24-30,32-49H2,1-2H3/b7-5-,13-11-,19-17-,23-22-,31-20-. The van der Waals surface area contributed by atoms with Gasteiger partial charge < -0.3 is 39.4 Å². The Hall–Kier alpha value is -2.11. The van der Waals surface area contributed by atoms with Gasteiger partial charge in [0.25, 0.3) is 0 Å². The number of carbonyl (C=O) groups is 1. The van der Waals surface area contributed by atoms with Crippen LogP contribution in [-0.4, -0.2) is 89.6 Å². The molecule has 1 heterocycles. The van der Waals surface area contributed by atoms with Gasteiger partial charge in [-0.3, -0.25) is 4.79 Å². The molecule has 1 aliphatic heterocycles. The largest absolute Gasteiger partial charge is 0.457 e. The fourth-order valence-electron chi connectivity index (χ4n) is 8.01. The Morgan fingerprint density at radius 3 is 1.43 bits per heavy atom. The number of aliphatic hydroxyl groups is 4. The first-order chi connectivity index (χ1) is 31.9. The van der Waals surface area contributed by atoms with Gasteiger partial charge in [-0.1, -0.05) is 203 Å². The number of ether oxygens (including phenoxy) is 4. The van der Waals surface area contributed by atoms with Gasteiger partial charge in [0.1, 0.15) is 30.5 Å². The maximum atomic E-state index is 12.8. The third-order valence-electron chi connectivity index (χ3n) is 12.2. The fourth-order valence-corrected chi connectivity index (χ4v) is 8.01. The molecule has 0 aliphatic carbocycles. The van der Waals surface area contributed by atoms with E-state index in [1.165, 1.54) is 135 Å². The number of esters is 1. The molecule has 1 saturated heterocycles. The molecule has 1 fully saturated rings. The van der Waals surface area contributed by atoms with Crippen molar-refractivity contribution in [2.24, 2.45) is 0 Å². The van der Waals surface area contributed by atoms with Crippen LogP contribution in [0.15, 0.2) is 60.8 Å². The van der Waals surface area contributed by atoms with Crippen LogP contribution in [0.5, 0.6) is 0 Å². The highest BCUT2D eigenvalue weighted by molar-refractivity contribution is 5.69. The predicted octanol–water partition coefficient (Wildman–Crippen LogP) is 13.4. The zero-order valence-electron chi connectivity index (χ0n) is 41.7. The van der Waals surface area contributed by atoms with Crippen molar-refractivity contribution in [3.05, 3.63) is 60.8 Å². The Bertz CT molecular complexity index is 1180. The average molecular weight is 917 g/mol. The van der Waals surface area contributed by atoms with Crippen LogP contribution in [-0.2, 0) is 23.7 Å². The van der Waals surface area contributed by atoms with Crippen LogP contribution >= 0.6 is 0 Å². The van der Waals surface area contributed by atoms with Gasteiger partial charge in [0.05, 0.1) is 19.8 Å². The number of allylic oxidation sites excluding steroid dienone is 10. The summed E-state index contributed by atoms with van der Waals surface area (Å²) in [7, 11) is 0. The lowest BCUT2D eigenvalue weighted by Gasteiger charge is -2.39. The average Bonchev–Trinajstić information content (AvgIpc) is 3.31. The van der Waals surface area contributed by atoms with Crippen LogP contribution in [0, 0.1) is 0 Å². The van der Waals surface area contributed by atoms with E-state index in [0.29, 0.717) is 13.0 Å². The Morgan fingerprint density at radius 1 is 0.508 bits per heavy atom. The molecule has 378 valence electrons. The topological polar surface area (TPSA) is 135 Å². The normalized spacial score (nSPS) is 19.9. The number of unbranched alkanes of at least 4 members (excludes halogenated alkanes) is 25. The van der Waals surface area contributed by atoms with E-state index in [2.05, 4.69) is 74.6 Å². The summed E-state index contributed by atoms with van der Waals surface area (Å²) in [6.07, 6.45) is 54.0. The Kier molecular flexibility index (Phi) is 44.0. The maximum absolute atomic E-state index is 12.8. The Labute approximate surface area is 398 Å². The van der Waals surface area contributed by atoms with Crippen LogP contribution in [0.1, 0.15) is 226 Å². The Balaban J connectivity index is 2.16. The zero-order chi connectivity index (χ0) is 47.1. The number of carbonyl (C=O) groups excluding carboxylic acids is 1. The first kappa shape index (κ1) is 60.9. The van der Waals surface area contributed by atoms with Gasteiger partial charge in [-0.15, -0.1) is 0 Å². The predicted molar refractivity (Wildman–Crippen MR) is 270 cm³/mol. The van der Waals surface area contributed by atoms with E-state index in [-0.39, 0.29) is 19.2 Å². The summed E-state index contributed by atoms with van der Waals surface area (Å²) in [5.74, 6) is -0.321. The summed E-state index contributed by atoms with van der Waals surface area (Å²) in [6, 6.07) is 0. The molecule has 0 radical (unpaired) electrons. The maximum Gasteiger partial charge on any atom is 0.306 e. The fraction of sp³-hybridized carbons (Fsp3) is 0.804. The Morgan fingerprint density at radius 2 is 0.938 bits per heavy atom. The minimum atomic E-state index is -1.54. The molecule has 6 unspecified atom stereocenters. The number of hydrogen-bond donors (Lipinski definition) is 4. The van der Waals surface area contributed by atoms with Crippen molar-refractivity contribution in [3.8, 4) is 0 Å². The molecular formula is C56H100O9. The van der Waals surface area contributed by atoms with Gasteiger partial charge in [0.15, 0.2) is 6.29 Å². The number of rotatable bonds is 46. The molecule has 0 aromatic heterocycles. The summed E-state index contributed by atoms with van der Waals surface area (Å²) in [5, 5.41) is 40.3. The van der Waals surface area contributed by atoms with Crippen molar-refractivity contribution in [1.82, 2.24) is 0 Å². The van der Waals surface area contributed by atoms with Gasteiger partial charge in [-0.05, 0) is 77.0 Å². The zero-order valence-corrected chi connectivity index (χ0v) is 41.7. The quantitative estimate of drug-likeness (QED) is 0.0267. The lowest BCUT2D eigenvalue weighted by Crippen LogP contribution is -2.59. The van der Waals surface area contributed by atoms with Crippen molar-refractivity contribution in [3.63, 3.8) is 0 Å². The molecule has 1 aliphatic rings. The molecule has 6 atom stereocenters. The van der Waals surface area contributed by atoms with E-state index in [1.54, 1.807) is 0 Å². The third kappa shape index (κ3) is 37.5. The van der Waals surface area contributed by atoms with E-state index >= 15 is 0 Å². The van der Waals surface area contributed by atoms with Crippen LogP contribution in [0.3, 0.4) is 0 Å². The van der Waals surface area contributed by atoms with Gasteiger partial charge in [0, 0.05) is 13.0 Å². The van der Waals surface area contributed by atoms with Crippen molar-refractivity contribution < 1.29 is 44.2 Å². The van der Waals surface area contributed by atoms with Gasteiger partial charge >= 0.3 is 5.97 Å². The molecule has 9 heteroatoms. The van der Waals surface area contributed by atoms with Crippen LogP contribution in [0.25, 0.3) is 0 Å². The number of hydrogen-bond acceptors (Lipinski definition) is 9. The summed E-state index contributed by atoms with van der Waals surface area (Å²) in [5.41, 5.74) is 0. The highest BCUT2D eigenvalue weighted by atomic mass is 16.7. The molecule has 0 amide bonds. The van der Waals surface area contributed by atoms with Crippen LogP contribution < -0.4 is 0 Å². The third-order valence-corrected chi connectivity index (χ3v) is 12.2. The van der Waals surface area contributed by atoms with Gasteiger partial charge in [-0.2, -0.15) is 0 Å². The summed E-state index contributed by atoms with van der Waals surface area (Å²) in [6.45, 7) is 4.45. The monoisotopic (exact) mass is 917 g/mol. The van der Waals surface area contributed by atoms with Crippen LogP contribution in [0.4, 0.5) is 0 Å². The molecule has 0 bridgehead atoms. The second-order valence-electron chi connectivity index (χ2n) is 18.3. The van der Waals surface area contributed by atoms with Crippen molar-refractivity contribution in [1.29, 1.82) is 0 Å². The lowest BCUT2D eigenvalue weighted by molar-refractivity contribution is -0.305. The molecule has 9 nitrogen and oxygen atoms in total. The summed E-state index contributed by atoms with van der Waals surface area (Å²) < 4.78 is 22.9. The van der Waals surface area contributed by atoms with Crippen LogP contribution in [0.2, 0.25) is 0 Å². The van der Waals surface area contributed by atoms with E-state index < -0.39 is 43.4 Å². The molecule has 0 spiro atoms. The minimum Gasteiger partial charge on any atom is -0.457 e. The second kappa shape index (κ2) is 47.0. The van der Waals surface area contributed by atoms with Crippen molar-refractivity contribution >= 4 is 5.97 Å². The highest BCUT2D eigenvalue weighted by Crippen LogP contribution is 2.23. The lowest BCUT2D eigenvalue weighted by atomic mass is 9.99. The second-order valence-corrected chi connectivity index (χ2v) is 18.3. The first-order valence-electron chi connectivity index (χ1n) is 26.9. The van der Waals surface area contributed by atoms with Gasteiger partial charge in [0.2, 0.25) is 0 Å². The number of aliphatic hydroxyl groups excluding tert-OH is 4. The van der Waals surface area contributed by atoms with E-state index in [0.717, 1.165) is 70.6 Å². The molecule has 65 heavy (non-hydrogen) atoms. The molecule has 1 rings (SSSR count). The molecule has 4 N–H and O–H groups in total.